The van der Waals surface area contributed by atoms with E-state index in [0.29, 0.717) is 29.0 Å². The number of halogens is 2. The van der Waals surface area contributed by atoms with Crippen molar-refractivity contribution in [2.75, 3.05) is 6.54 Å². The van der Waals surface area contributed by atoms with E-state index in [9.17, 15) is 4.39 Å². The molecule has 0 saturated carbocycles. The summed E-state index contributed by atoms with van der Waals surface area (Å²) in [5.41, 5.74) is 0.705. The molecule has 0 aromatic heterocycles. The molecule has 0 spiro atoms. The Bertz CT molecular complexity index is 366. The third kappa shape index (κ3) is 5.36. The first-order valence-corrected chi connectivity index (χ1v) is 7.08. The van der Waals surface area contributed by atoms with E-state index < -0.39 is 0 Å². The van der Waals surface area contributed by atoms with Crippen LogP contribution in [0.15, 0.2) is 18.2 Å². The fourth-order valence-electron chi connectivity index (χ4n) is 2.12. The van der Waals surface area contributed by atoms with Gasteiger partial charge in [-0.25, -0.2) is 4.39 Å². The molecule has 1 unspecified atom stereocenters. The van der Waals surface area contributed by atoms with Gasteiger partial charge < -0.3 is 5.32 Å². The summed E-state index contributed by atoms with van der Waals surface area (Å²) in [6, 6.07) is 5.09. The number of rotatable bonds is 7. The zero-order chi connectivity index (χ0) is 13.5. The molecule has 0 aliphatic rings. The quantitative estimate of drug-likeness (QED) is 0.773. The monoisotopic (exact) mass is 271 g/mol. The first-order valence-electron chi connectivity index (χ1n) is 6.70. The molecule has 0 saturated heterocycles. The van der Waals surface area contributed by atoms with Gasteiger partial charge in [-0.15, -0.1) is 0 Å². The van der Waals surface area contributed by atoms with Crippen LogP contribution in [0.4, 0.5) is 4.39 Å². The van der Waals surface area contributed by atoms with Gasteiger partial charge in [-0.05, 0) is 55.5 Å². The Morgan fingerprint density at radius 1 is 1.33 bits per heavy atom. The van der Waals surface area contributed by atoms with E-state index in [-0.39, 0.29) is 5.82 Å². The second-order valence-electron chi connectivity index (χ2n) is 5.22. The smallest absolute Gasteiger partial charge is 0.126 e. The molecule has 0 amide bonds. The highest BCUT2D eigenvalue weighted by Gasteiger charge is 2.13. The summed E-state index contributed by atoms with van der Waals surface area (Å²) in [5.74, 6) is 0.438. The average molecular weight is 272 g/mol. The SMILES string of the molecule is CCCNC(Cc1cc(Cl)ccc1F)CC(C)C. The topological polar surface area (TPSA) is 12.0 Å². The van der Waals surface area contributed by atoms with Crippen molar-refractivity contribution in [2.45, 2.75) is 46.1 Å². The fourth-order valence-corrected chi connectivity index (χ4v) is 2.32. The molecule has 0 fully saturated rings. The first-order chi connectivity index (χ1) is 8.52. The maximum Gasteiger partial charge on any atom is 0.126 e. The van der Waals surface area contributed by atoms with Gasteiger partial charge in [0.05, 0.1) is 0 Å². The van der Waals surface area contributed by atoms with Gasteiger partial charge in [-0.2, -0.15) is 0 Å². The van der Waals surface area contributed by atoms with Gasteiger partial charge in [0.15, 0.2) is 0 Å². The molecule has 1 aromatic rings. The molecule has 1 atom stereocenters. The zero-order valence-corrected chi connectivity index (χ0v) is 12.2. The van der Waals surface area contributed by atoms with Crippen LogP contribution < -0.4 is 5.32 Å². The van der Waals surface area contributed by atoms with Crippen molar-refractivity contribution < 1.29 is 4.39 Å². The second kappa shape index (κ2) is 7.75. The predicted octanol–water partition coefficient (Wildman–Crippen LogP) is 4.44. The normalized spacial score (nSPS) is 13.0. The summed E-state index contributed by atoms with van der Waals surface area (Å²) in [6.07, 6.45) is 2.84. The van der Waals surface area contributed by atoms with Gasteiger partial charge >= 0.3 is 0 Å². The molecule has 0 radical (unpaired) electrons. The lowest BCUT2D eigenvalue weighted by atomic mass is 9.97. The Hall–Kier alpha value is -0.600. The standard InChI is InChI=1S/C15H23ClFN/c1-4-7-18-14(8-11(2)3)10-12-9-13(16)5-6-15(12)17/h5-6,9,11,14,18H,4,7-8,10H2,1-3H3. The Labute approximate surface area is 115 Å². The number of nitrogens with one attached hydrogen (secondary N) is 1. The molecule has 0 aliphatic carbocycles. The van der Waals surface area contributed by atoms with E-state index >= 15 is 0 Å². The van der Waals surface area contributed by atoms with Gasteiger partial charge in [-0.1, -0.05) is 32.4 Å². The molecular formula is C15H23ClFN. The molecule has 1 rings (SSSR count). The molecule has 102 valence electrons. The first kappa shape index (κ1) is 15.5. The van der Waals surface area contributed by atoms with Crippen molar-refractivity contribution in [3.63, 3.8) is 0 Å². The lowest BCUT2D eigenvalue weighted by Gasteiger charge is -2.21. The minimum absolute atomic E-state index is 0.161. The lowest BCUT2D eigenvalue weighted by Crippen LogP contribution is -2.33. The molecule has 0 heterocycles. The van der Waals surface area contributed by atoms with Crippen LogP contribution >= 0.6 is 11.6 Å². The third-order valence-electron chi connectivity index (χ3n) is 2.91. The highest BCUT2D eigenvalue weighted by atomic mass is 35.5. The Kier molecular flexibility index (Phi) is 6.66. The van der Waals surface area contributed by atoms with Crippen molar-refractivity contribution in [1.82, 2.24) is 5.32 Å². The summed E-state index contributed by atoms with van der Waals surface area (Å²) in [7, 11) is 0. The van der Waals surface area contributed by atoms with Crippen LogP contribution in [0.3, 0.4) is 0 Å². The summed E-state index contributed by atoms with van der Waals surface area (Å²) in [6.45, 7) is 7.49. The van der Waals surface area contributed by atoms with Gasteiger partial charge in [-0.3, -0.25) is 0 Å². The minimum atomic E-state index is -0.161. The van der Waals surface area contributed by atoms with Gasteiger partial charge in [0.25, 0.3) is 0 Å². The summed E-state index contributed by atoms with van der Waals surface area (Å²) in [4.78, 5) is 0. The number of hydrogen-bond acceptors (Lipinski definition) is 1. The molecule has 0 aliphatic heterocycles. The summed E-state index contributed by atoms with van der Waals surface area (Å²) in [5, 5.41) is 4.09. The second-order valence-corrected chi connectivity index (χ2v) is 5.66. The zero-order valence-electron chi connectivity index (χ0n) is 11.5. The molecule has 18 heavy (non-hydrogen) atoms. The van der Waals surface area contributed by atoms with Crippen molar-refractivity contribution in [3.8, 4) is 0 Å². The van der Waals surface area contributed by atoms with Crippen molar-refractivity contribution in [3.05, 3.63) is 34.6 Å². The highest BCUT2D eigenvalue weighted by molar-refractivity contribution is 6.30. The third-order valence-corrected chi connectivity index (χ3v) is 3.15. The highest BCUT2D eigenvalue weighted by Crippen LogP contribution is 2.18. The van der Waals surface area contributed by atoms with Crippen LogP contribution in [0.5, 0.6) is 0 Å². The Balaban J connectivity index is 2.71. The summed E-state index contributed by atoms with van der Waals surface area (Å²) >= 11 is 5.92. The number of benzene rings is 1. The van der Waals surface area contributed by atoms with Gasteiger partial charge in [0.2, 0.25) is 0 Å². The number of hydrogen-bond donors (Lipinski definition) is 1. The molecular weight excluding hydrogens is 249 g/mol. The maximum absolute atomic E-state index is 13.7. The Morgan fingerprint density at radius 2 is 2.06 bits per heavy atom. The van der Waals surface area contributed by atoms with E-state index in [1.165, 1.54) is 6.07 Å². The molecule has 1 N–H and O–H groups in total. The van der Waals surface area contributed by atoms with Crippen LogP contribution in [-0.2, 0) is 6.42 Å². The molecule has 0 bridgehead atoms. The van der Waals surface area contributed by atoms with Gasteiger partial charge in [0, 0.05) is 11.1 Å². The predicted molar refractivity (Wildman–Crippen MR) is 76.7 cm³/mol. The maximum atomic E-state index is 13.7. The van der Waals surface area contributed by atoms with E-state index in [0.717, 1.165) is 19.4 Å². The van der Waals surface area contributed by atoms with Crippen molar-refractivity contribution >= 4 is 11.6 Å². The average Bonchev–Trinajstić information content (AvgIpc) is 2.30. The van der Waals surface area contributed by atoms with E-state index in [2.05, 4.69) is 26.1 Å². The van der Waals surface area contributed by atoms with Crippen molar-refractivity contribution in [1.29, 1.82) is 0 Å². The van der Waals surface area contributed by atoms with Crippen molar-refractivity contribution in [2.24, 2.45) is 5.92 Å². The van der Waals surface area contributed by atoms with Crippen LogP contribution in [0, 0.1) is 11.7 Å². The van der Waals surface area contributed by atoms with Crippen LogP contribution in [-0.4, -0.2) is 12.6 Å². The van der Waals surface area contributed by atoms with Gasteiger partial charge in [0.1, 0.15) is 5.82 Å². The minimum Gasteiger partial charge on any atom is -0.314 e. The van der Waals surface area contributed by atoms with E-state index in [4.69, 9.17) is 11.6 Å². The largest absolute Gasteiger partial charge is 0.314 e. The van der Waals surface area contributed by atoms with E-state index in [1.54, 1.807) is 12.1 Å². The molecule has 1 nitrogen and oxygen atoms in total. The molecule has 1 aromatic carbocycles. The fraction of sp³-hybridized carbons (Fsp3) is 0.600. The molecule has 3 heteroatoms. The Morgan fingerprint density at radius 3 is 2.67 bits per heavy atom. The van der Waals surface area contributed by atoms with Crippen LogP contribution in [0.25, 0.3) is 0 Å². The van der Waals surface area contributed by atoms with E-state index in [1.807, 2.05) is 0 Å². The van der Waals surface area contributed by atoms with Crippen LogP contribution in [0.1, 0.15) is 39.2 Å². The van der Waals surface area contributed by atoms with Crippen LogP contribution in [0.2, 0.25) is 5.02 Å². The summed E-state index contributed by atoms with van der Waals surface area (Å²) < 4.78 is 13.7. The lowest BCUT2D eigenvalue weighted by molar-refractivity contribution is 0.411.